The van der Waals surface area contributed by atoms with Gasteiger partial charge in [0.2, 0.25) is 5.91 Å². The van der Waals surface area contributed by atoms with Crippen molar-refractivity contribution in [2.75, 3.05) is 33.0 Å². The average molecular weight is 368 g/mol. The van der Waals surface area contributed by atoms with Crippen molar-refractivity contribution >= 4 is 15.7 Å². The summed E-state index contributed by atoms with van der Waals surface area (Å²) >= 11 is 0. The molecule has 0 aromatic heterocycles. The number of nitrogens with zero attached hydrogens (tertiary/aromatic N) is 1. The standard InChI is InChI=1S/C18H28N2O4S/c1-14(15-8-9-15)19-18(21)13-20(2)10-5-11-24-16-6-4-7-17(12-16)25(3,22)23/h4,6-7,12,14-15H,5,8-11,13H2,1-3H3,(H,19,21). The number of sulfone groups is 1. The molecule has 1 amide bonds. The number of nitrogens with one attached hydrogen (secondary N) is 1. The number of carbonyl (C=O) groups excluding carboxylic acids is 1. The van der Waals surface area contributed by atoms with Gasteiger partial charge in [-0.1, -0.05) is 6.07 Å². The minimum Gasteiger partial charge on any atom is -0.494 e. The van der Waals surface area contributed by atoms with E-state index in [4.69, 9.17) is 4.74 Å². The Morgan fingerprint density at radius 2 is 2.12 bits per heavy atom. The van der Waals surface area contributed by atoms with Gasteiger partial charge < -0.3 is 10.1 Å². The second-order valence-electron chi connectivity index (χ2n) is 6.88. The number of carbonyl (C=O) groups is 1. The van der Waals surface area contributed by atoms with Crippen LogP contribution in [0.2, 0.25) is 0 Å². The number of ether oxygens (including phenoxy) is 1. The molecule has 0 saturated heterocycles. The molecule has 1 atom stereocenters. The quantitative estimate of drug-likeness (QED) is 0.636. The van der Waals surface area contributed by atoms with Gasteiger partial charge in [-0.15, -0.1) is 0 Å². The maximum absolute atomic E-state index is 11.9. The van der Waals surface area contributed by atoms with Crippen LogP contribution in [-0.4, -0.2) is 58.3 Å². The van der Waals surface area contributed by atoms with Gasteiger partial charge in [0.15, 0.2) is 9.84 Å². The van der Waals surface area contributed by atoms with Gasteiger partial charge >= 0.3 is 0 Å². The van der Waals surface area contributed by atoms with E-state index < -0.39 is 9.84 Å². The molecular weight excluding hydrogens is 340 g/mol. The third-order valence-corrected chi connectivity index (χ3v) is 5.43. The fraction of sp³-hybridized carbons (Fsp3) is 0.611. The molecule has 140 valence electrons. The monoisotopic (exact) mass is 368 g/mol. The minimum absolute atomic E-state index is 0.0590. The molecule has 1 unspecified atom stereocenters. The van der Waals surface area contributed by atoms with Crippen LogP contribution in [0.25, 0.3) is 0 Å². The van der Waals surface area contributed by atoms with Gasteiger partial charge in [0, 0.05) is 18.8 Å². The summed E-state index contributed by atoms with van der Waals surface area (Å²) in [6.07, 6.45) is 4.37. The first-order valence-electron chi connectivity index (χ1n) is 8.66. The maximum Gasteiger partial charge on any atom is 0.234 e. The van der Waals surface area contributed by atoms with E-state index in [2.05, 4.69) is 12.2 Å². The molecule has 0 radical (unpaired) electrons. The predicted octanol–water partition coefficient (Wildman–Crippen LogP) is 1.71. The lowest BCUT2D eigenvalue weighted by molar-refractivity contribution is -0.122. The lowest BCUT2D eigenvalue weighted by Gasteiger charge is -2.19. The molecule has 1 saturated carbocycles. The van der Waals surface area contributed by atoms with Crippen LogP contribution in [0.3, 0.4) is 0 Å². The lowest BCUT2D eigenvalue weighted by Crippen LogP contribution is -2.41. The fourth-order valence-corrected chi connectivity index (χ4v) is 3.31. The molecule has 1 aromatic rings. The van der Waals surface area contributed by atoms with Crippen LogP contribution < -0.4 is 10.1 Å². The molecule has 1 aliphatic carbocycles. The van der Waals surface area contributed by atoms with E-state index in [9.17, 15) is 13.2 Å². The van der Waals surface area contributed by atoms with Crippen LogP contribution in [-0.2, 0) is 14.6 Å². The molecule has 0 heterocycles. The van der Waals surface area contributed by atoms with Crippen molar-refractivity contribution in [2.45, 2.75) is 37.1 Å². The van der Waals surface area contributed by atoms with Gasteiger partial charge in [-0.25, -0.2) is 8.42 Å². The zero-order chi connectivity index (χ0) is 18.4. The van der Waals surface area contributed by atoms with Crippen molar-refractivity contribution in [3.05, 3.63) is 24.3 Å². The molecular formula is C18H28N2O4S. The molecule has 0 bridgehead atoms. The Bertz CT molecular complexity index is 686. The first-order valence-corrected chi connectivity index (χ1v) is 10.6. The predicted molar refractivity (Wildman–Crippen MR) is 97.5 cm³/mol. The van der Waals surface area contributed by atoms with Crippen LogP contribution >= 0.6 is 0 Å². The smallest absolute Gasteiger partial charge is 0.234 e. The molecule has 2 rings (SSSR count). The van der Waals surface area contributed by atoms with Gasteiger partial charge in [0.1, 0.15) is 5.75 Å². The maximum atomic E-state index is 11.9. The molecule has 1 aromatic carbocycles. The highest BCUT2D eigenvalue weighted by molar-refractivity contribution is 7.90. The lowest BCUT2D eigenvalue weighted by atomic mass is 10.2. The van der Waals surface area contributed by atoms with Gasteiger partial charge in [-0.05, 0) is 57.4 Å². The van der Waals surface area contributed by atoms with Gasteiger partial charge in [0.05, 0.1) is 18.0 Å². The summed E-state index contributed by atoms with van der Waals surface area (Å²) in [6, 6.07) is 6.77. The van der Waals surface area contributed by atoms with Crippen LogP contribution in [0.4, 0.5) is 0 Å². The summed E-state index contributed by atoms with van der Waals surface area (Å²) in [5.41, 5.74) is 0. The number of amides is 1. The van der Waals surface area contributed by atoms with Gasteiger partial charge in [-0.2, -0.15) is 0 Å². The van der Waals surface area contributed by atoms with Crippen molar-refractivity contribution in [1.82, 2.24) is 10.2 Å². The fourth-order valence-electron chi connectivity index (χ4n) is 2.66. The average Bonchev–Trinajstić information content (AvgIpc) is 3.35. The van der Waals surface area contributed by atoms with Crippen LogP contribution in [0.15, 0.2) is 29.2 Å². The normalized spacial score (nSPS) is 15.8. The molecule has 0 spiro atoms. The number of hydrogen-bond donors (Lipinski definition) is 1. The van der Waals surface area contributed by atoms with E-state index in [0.717, 1.165) is 13.0 Å². The first-order chi connectivity index (χ1) is 11.8. The Kier molecular flexibility index (Phi) is 6.84. The highest BCUT2D eigenvalue weighted by Crippen LogP contribution is 2.32. The Hall–Kier alpha value is -1.60. The summed E-state index contributed by atoms with van der Waals surface area (Å²) in [6.45, 7) is 3.64. The van der Waals surface area contributed by atoms with E-state index in [1.54, 1.807) is 18.2 Å². The number of likely N-dealkylation sites (N-methyl/N-ethyl adjacent to an activating group) is 1. The second kappa shape index (κ2) is 8.67. The molecule has 1 aliphatic rings. The summed E-state index contributed by atoms with van der Waals surface area (Å²) in [7, 11) is -1.32. The SMILES string of the molecule is CC(NC(=O)CN(C)CCCOc1cccc(S(C)(=O)=O)c1)C1CC1. The molecule has 25 heavy (non-hydrogen) atoms. The van der Waals surface area contributed by atoms with Crippen molar-refractivity contribution in [2.24, 2.45) is 5.92 Å². The zero-order valence-corrected chi connectivity index (χ0v) is 16.0. The third-order valence-electron chi connectivity index (χ3n) is 4.32. The largest absolute Gasteiger partial charge is 0.494 e. The Morgan fingerprint density at radius 3 is 2.76 bits per heavy atom. The Morgan fingerprint density at radius 1 is 1.40 bits per heavy atom. The number of hydrogen-bond acceptors (Lipinski definition) is 5. The topological polar surface area (TPSA) is 75.7 Å². The highest BCUT2D eigenvalue weighted by atomic mass is 32.2. The van der Waals surface area contributed by atoms with Crippen LogP contribution in [0, 0.1) is 5.92 Å². The summed E-state index contributed by atoms with van der Waals surface area (Å²) in [5.74, 6) is 1.26. The Balaban J connectivity index is 1.66. The zero-order valence-electron chi connectivity index (χ0n) is 15.2. The first kappa shape index (κ1) is 19.7. The van der Waals surface area contributed by atoms with Crippen LogP contribution in [0.5, 0.6) is 5.75 Å². The molecule has 1 fully saturated rings. The van der Waals surface area contributed by atoms with E-state index >= 15 is 0 Å². The molecule has 7 heteroatoms. The van der Waals surface area contributed by atoms with Crippen molar-refractivity contribution < 1.29 is 17.9 Å². The van der Waals surface area contributed by atoms with Gasteiger partial charge in [0.25, 0.3) is 0 Å². The van der Waals surface area contributed by atoms with Crippen LogP contribution in [0.1, 0.15) is 26.2 Å². The van der Waals surface area contributed by atoms with E-state index in [1.807, 2.05) is 11.9 Å². The Labute approximate surface area is 150 Å². The van der Waals surface area contributed by atoms with E-state index in [0.29, 0.717) is 24.8 Å². The van der Waals surface area contributed by atoms with Gasteiger partial charge in [-0.3, -0.25) is 9.69 Å². The molecule has 1 N–H and O–H groups in total. The second-order valence-corrected chi connectivity index (χ2v) is 8.90. The van der Waals surface area contributed by atoms with Crippen molar-refractivity contribution in [3.8, 4) is 5.75 Å². The minimum atomic E-state index is -3.23. The number of rotatable bonds is 10. The summed E-state index contributed by atoms with van der Waals surface area (Å²) < 4.78 is 28.7. The third kappa shape index (κ3) is 7.04. The van der Waals surface area contributed by atoms with Crippen molar-refractivity contribution in [3.63, 3.8) is 0 Å². The summed E-state index contributed by atoms with van der Waals surface area (Å²) in [5, 5.41) is 3.04. The van der Waals surface area contributed by atoms with E-state index in [1.165, 1.54) is 25.2 Å². The van der Waals surface area contributed by atoms with Crippen molar-refractivity contribution in [1.29, 1.82) is 0 Å². The number of benzene rings is 1. The summed E-state index contributed by atoms with van der Waals surface area (Å²) in [4.78, 5) is 14.2. The van der Waals surface area contributed by atoms with E-state index in [-0.39, 0.29) is 16.8 Å². The molecule has 0 aliphatic heterocycles. The highest BCUT2D eigenvalue weighted by Gasteiger charge is 2.28. The molecule has 6 nitrogen and oxygen atoms in total.